The van der Waals surface area contributed by atoms with Crippen LogP contribution in [0.3, 0.4) is 0 Å². The molecule has 1 amide bonds. The van der Waals surface area contributed by atoms with Crippen molar-refractivity contribution in [3.05, 3.63) is 71.3 Å². The van der Waals surface area contributed by atoms with Gasteiger partial charge in [-0.3, -0.25) is 14.6 Å². The van der Waals surface area contributed by atoms with Gasteiger partial charge in [-0.2, -0.15) is 0 Å². The van der Waals surface area contributed by atoms with Gasteiger partial charge in [0.2, 0.25) is 0 Å². The molecule has 4 rings (SSSR count). The number of piperidine rings is 1. The van der Waals surface area contributed by atoms with Crippen molar-refractivity contribution < 1.29 is 4.79 Å². The molecule has 2 fully saturated rings. The Morgan fingerprint density at radius 1 is 0.857 bits per heavy atom. The maximum atomic E-state index is 12.8. The first kappa shape index (κ1) is 19.2. The number of likely N-dealkylation sites (tertiary alicyclic amines) is 1. The van der Waals surface area contributed by atoms with E-state index in [1.807, 2.05) is 36.1 Å². The Kier molecular flexibility index (Phi) is 6.08. The summed E-state index contributed by atoms with van der Waals surface area (Å²) in [4.78, 5) is 20.0. The Balaban J connectivity index is 1.25. The van der Waals surface area contributed by atoms with Crippen molar-refractivity contribution >= 4 is 5.91 Å². The van der Waals surface area contributed by atoms with E-state index in [2.05, 4.69) is 40.1 Å². The van der Waals surface area contributed by atoms with E-state index in [1.54, 1.807) is 0 Å². The predicted octanol–water partition coefficient (Wildman–Crippen LogP) is 3.42. The first-order valence-corrected chi connectivity index (χ1v) is 10.6. The van der Waals surface area contributed by atoms with Gasteiger partial charge >= 0.3 is 0 Å². The van der Waals surface area contributed by atoms with Crippen molar-refractivity contribution in [3.8, 4) is 0 Å². The number of rotatable bonds is 4. The first-order chi connectivity index (χ1) is 13.7. The van der Waals surface area contributed by atoms with Gasteiger partial charge < -0.3 is 4.90 Å². The molecule has 2 heterocycles. The van der Waals surface area contributed by atoms with Crippen LogP contribution in [-0.4, -0.2) is 65.9 Å². The van der Waals surface area contributed by atoms with Crippen molar-refractivity contribution in [1.82, 2.24) is 14.7 Å². The normalized spacial score (nSPS) is 19.7. The number of hydrogen-bond donors (Lipinski definition) is 0. The van der Waals surface area contributed by atoms with Crippen LogP contribution in [0.1, 0.15) is 34.3 Å². The Labute approximate surface area is 168 Å². The zero-order valence-corrected chi connectivity index (χ0v) is 16.9. The smallest absolute Gasteiger partial charge is 0.254 e. The minimum atomic E-state index is 0.190. The Morgan fingerprint density at radius 2 is 1.50 bits per heavy atom. The van der Waals surface area contributed by atoms with Crippen molar-refractivity contribution in [2.45, 2.75) is 32.4 Å². The Hall–Kier alpha value is -2.17. The predicted molar refractivity (Wildman–Crippen MR) is 113 cm³/mol. The lowest BCUT2D eigenvalue weighted by molar-refractivity contribution is 0.0444. The van der Waals surface area contributed by atoms with Gasteiger partial charge in [0.15, 0.2) is 0 Å². The van der Waals surface area contributed by atoms with Crippen LogP contribution < -0.4 is 0 Å². The second kappa shape index (κ2) is 8.89. The van der Waals surface area contributed by atoms with Crippen molar-refractivity contribution in [2.75, 3.05) is 39.3 Å². The monoisotopic (exact) mass is 377 g/mol. The second-order valence-corrected chi connectivity index (χ2v) is 8.14. The summed E-state index contributed by atoms with van der Waals surface area (Å²) in [5, 5.41) is 0. The molecule has 2 aromatic rings. The van der Waals surface area contributed by atoms with Crippen molar-refractivity contribution in [1.29, 1.82) is 0 Å². The molecule has 4 nitrogen and oxygen atoms in total. The largest absolute Gasteiger partial charge is 0.336 e. The molecule has 0 N–H and O–H groups in total. The number of benzene rings is 2. The van der Waals surface area contributed by atoms with Crippen LogP contribution in [0, 0.1) is 6.92 Å². The first-order valence-electron chi connectivity index (χ1n) is 10.6. The lowest BCUT2D eigenvalue weighted by atomic mass is 10.0. The Morgan fingerprint density at radius 3 is 2.18 bits per heavy atom. The van der Waals surface area contributed by atoms with Crippen LogP contribution in [0.4, 0.5) is 0 Å². The van der Waals surface area contributed by atoms with Gasteiger partial charge in [0.05, 0.1) is 0 Å². The number of carbonyl (C=O) groups excluding carboxylic acids is 1. The van der Waals surface area contributed by atoms with E-state index in [-0.39, 0.29) is 5.91 Å². The number of aryl methyl sites for hydroxylation is 1. The quantitative estimate of drug-likeness (QED) is 0.817. The van der Waals surface area contributed by atoms with Gasteiger partial charge in [0, 0.05) is 44.3 Å². The molecular formula is C24H31N3O. The van der Waals surface area contributed by atoms with E-state index in [0.29, 0.717) is 6.04 Å². The molecule has 2 aromatic carbocycles. The van der Waals surface area contributed by atoms with Gasteiger partial charge in [-0.1, -0.05) is 48.5 Å². The van der Waals surface area contributed by atoms with E-state index >= 15 is 0 Å². The highest BCUT2D eigenvalue weighted by Gasteiger charge is 2.29. The highest BCUT2D eigenvalue weighted by atomic mass is 16.2. The fourth-order valence-corrected chi connectivity index (χ4v) is 4.56. The van der Waals surface area contributed by atoms with Crippen LogP contribution in [0.5, 0.6) is 0 Å². The summed E-state index contributed by atoms with van der Waals surface area (Å²) >= 11 is 0. The van der Waals surface area contributed by atoms with Crippen LogP contribution in [0.2, 0.25) is 0 Å². The lowest BCUT2D eigenvalue weighted by Gasteiger charge is -2.43. The summed E-state index contributed by atoms with van der Waals surface area (Å²) in [6.45, 7) is 9.11. The maximum absolute atomic E-state index is 12.8. The van der Waals surface area contributed by atoms with Crippen LogP contribution in [-0.2, 0) is 6.54 Å². The molecule has 2 saturated heterocycles. The zero-order valence-electron chi connectivity index (χ0n) is 16.9. The molecule has 148 valence electrons. The summed E-state index contributed by atoms with van der Waals surface area (Å²) in [5.41, 5.74) is 3.33. The maximum Gasteiger partial charge on any atom is 0.254 e. The van der Waals surface area contributed by atoms with Gasteiger partial charge in [0.25, 0.3) is 5.91 Å². The average molecular weight is 378 g/mol. The third-order valence-electron chi connectivity index (χ3n) is 6.30. The summed E-state index contributed by atoms with van der Waals surface area (Å²) in [6.07, 6.45) is 2.47. The molecular weight excluding hydrogens is 346 g/mol. The second-order valence-electron chi connectivity index (χ2n) is 8.14. The fourth-order valence-electron chi connectivity index (χ4n) is 4.56. The molecule has 2 aliphatic heterocycles. The number of nitrogens with zero attached hydrogens (tertiary/aromatic N) is 3. The lowest BCUT2D eigenvalue weighted by Crippen LogP contribution is -2.54. The standard InChI is InChI=1S/C24H31N3O/c1-20-7-5-6-10-23(20)24(28)27-17-15-26(16-18-27)22-11-13-25(14-12-22)19-21-8-3-2-4-9-21/h2-10,22H,11-19H2,1H3. The molecule has 0 unspecified atom stereocenters. The highest BCUT2D eigenvalue weighted by Crippen LogP contribution is 2.21. The molecule has 4 heteroatoms. The number of hydrogen-bond acceptors (Lipinski definition) is 3. The SMILES string of the molecule is Cc1ccccc1C(=O)N1CCN(C2CCN(Cc3ccccc3)CC2)CC1. The molecule has 0 bridgehead atoms. The van der Waals surface area contributed by atoms with Gasteiger partial charge in [-0.15, -0.1) is 0 Å². The summed E-state index contributed by atoms with van der Waals surface area (Å²) in [6, 6.07) is 19.4. The number of amides is 1. The molecule has 28 heavy (non-hydrogen) atoms. The topological polar surface area (TPSA) is 26.8 Å². The van der Waals surface area contributed by atoms with Crippen molar-refractivity contribution in [2.24, 2.45) is 0 Å². The molecule has 0 spiro atoms. The average Bonchev–Trinajstić information content (AvgIpc) is 2.75. The molecule has 0 aromatic heterocycles. The fraction of sp³-hybridized carbons (Fsp3) is 0.458. The Bertz CT molecular complexity index is 775. The summed E-state index contributed by atoms with van der Waals surface area (Å²) in [5.74, 6) is 0.190. The molecule has 0 radical (unpaired) electrons. The highest BCUT2D eigenvalue weighted by molar-refractivity contribution is 5.95. The number of piperazine rings is 1. The number of carbonyl (C=O) groups is 1. The van der Waals surface area contributed by atoms with Crippen molar-refractivity contribution in [3.63, 3.8) is 0 Å². The van der Waals surface area contributed by atoms with E-state index < -0.39 is 0 Å². The van der Waals surface area contributed by atoms with Crippen LogP contribution >= 0.6 is 0 Å². The van der Waals surface area contributed by atoms with E-state index in [9.17, 15) is 4.79 Å². The van der Waals surface area contributed by atoms with Crippen LogP contribution in [0.25, 0.3) is 0 Å². The molecule has 2 aliphatic rings. The third-order valence-corrected chi connectivity index (χ3v) is 6.30. The van der Waals surface area contributed by atoms with E-state index in [1.165, 1.54) is 31.5 Å². The summed E-state index contributed by atoms with van der Waals surface area (Å²) < 4.78 is 0. The van der Waals surface area contributed by atoms with Crippen LogP contribution in [0.15, 0.2) is 54.6 Å². The third kappa shape index (κ3) is 4.45. The van der Waals surface area contributed by atoms with E-state index in [4.69, 9.17) is 0 Å². The molecule has 0 atom stereocenters. The van der Waals surface area contributed by atoms with Gasteiger partial charge in [0.1, 0.15) is 0 Å². The minimum Gasteiger partial charge on any atom is -0.336 e. The molecule has 0 saturated carbocycles. The van der Waals surface area contributed by atoms with Gasteiger partial charge in [-0.05, 0) is 50.0 Å². The summed E-state index contributed by atoms with van der Waals surface area (Å²) in [7, 11) is 0. The zero-order chi connectivity index (χ0) is 19.3. The van der Waals surface area contributed by atoms with E-state index in [0.717, 1.165) is 43.9 Å². The van der Waals surface area contributed by atoms with Gasteiger partial charge in [-0.25, -0.2) is 0 Å². The molecule has 0 aliphatic carbocycles. The minimum absolute atomic E-state index is 0.190.